The van der Waals surface area contributed by atoms with Gasteiger partial charge in [0.05, 0.1) is 24.1 Å². The van der Waals surface area contributed by atoms with Crippen LogP contribution in [0.4, 0.5) is 10.5 Å². The van der Waals surface area contributed by atoms with Crippen LogP contribution in [0.1, 0.15) is 39.0 Å². The Balaban J connectivity index is 1.31. The van der Waals surface area contributed by atoms with Gasteiger partial charge in [-0.2, -0.15) is 0 Å². The van der Waals surface area contributed by atoms with Crippen LogP contribution < -0.4 is 10.2 Å². The van der Waals surface area contributed by atoms with E-state index < -0.39 is 24.0 Å². The third-order valence-electron chi connectivity index (χ3n) is 7.61. The molecule has 4 heterocycles. The number of imide groups is 1. The zero-order chi connectivity index (χ0) is 27.4. The van der Waals surface area contributed by atoms with Crippen molar-refractivity contribution in [3.8, 4) is 0 Å². The normalized spacial score (nSPS) is 18.2. The maximum Gasteiger partial charge on any atom is 0.332 e. The molecule has 198 valence electrons. The molecule has 2 aliphatic heterocycles. The van der Waals surface area contributed by atoms with E-state index in [1.54, 1.807) is 47.4 Å². The highest BCUT2D eigenvalue weighted by molar-refractivity contribution is 6.30. The minimum atomic E-state index is -0.748. The Labute approximate surface area is 234 Å². The van der Waals surface area contributed by atoms with E-state index in [2.05, 4.69) is 10.3 Å². The minimum absolute atomic E-state index is 0.176. The van der Waals surface area contributed by atoms with Gasteiger partial charge < -0.3 is 14.7 Å². The standard InChI is InChI=1S/C31H23ClN4O4/c32-19-8-5-7-18(15-19)28-27-23(21-10-1-3-12-24(21)34-27)16-26-30(38)36(31(39)35(26)28)25-13-4-2-11-22(25)29(37)33-17-20-9-6-14-40-20/h1-15,26,28,34H,16-17H2,(H,33,37). The number of rotatable bonds is 5. The van der Waals surface area contributed by atoms with Gasteiger partial charge in [0, 0.05) is 28.0 Å². The highest BCUT2D eigenvalue weighted by Gasteiger charge is 2.53. The van der Waals surface area contributed by atoms with Crippen molar-refractivity contribution in [1.29, 1.82) is 0 Å². The zero-order valence-electron chi connectivity index (χ0n) is 21.1. The SMILES string of the molecule is O=C(NCc1ccco1)c1ccccc1N1C(=O)C2Cc3c([nH]c4ccccc34)C(c3cccc(Cl)c3)N2C1=O. The first-order chi connectivity index (χ1) is 19.5. The van der Waals surface area contributed by atoms with Gasteiger partial charge in [-0.15, -0.1) is 0 Å². The second-order valence-corrected chi connectivity index (χ2v) is 10.3. The van der Waals surface area contributed by atoms with E-state index in [-0.39, 0.29) is 23.7 Å². The minimum Gasteiger partial charge on any atom is -0.467 e. The summed E-state index contributed by atoms with van der Waals surface area (Å²) in [5, 5.41) is 4.36. The number of nitrogens with zero attached hydrogens (tertiary/aromatic N) is 2. The first-order valence-corrected chi connectivity index (χ1v) is 13.3. The monoisotopic (exact) mass is 550 g/mol. The lowest BCUT2D eigenvalue weighted by atomic mass is 9.89. The van der Waals surface area contributed by atoms with Gasteiger partial charge in [-0.25, -0.2) is 9.69 Å². The lowest BCUT2D eigenvalue weighted by molar-refractivity contribution is -0.120. The molecule has 40 heavy (non-hydrogen) atoms. The summed E-state index contributed by atoms with van der Waals surface area (Å²) < 4.78 is 5.31. The smallest absolute Gasteiger partial charge is 0.332 e. The molecule has 0 spiro atoms. The Kier molecular flexibility index (Phi) is 5.71. The summed E-state index contributed by atoms with van der Waals surface area (Å²) in [5.74, 6) is -0.201. The largest absolute Gasteiger partial charge is 0.467 e. The van der Waals surface area contributed by atoms with Gasteiger partial charge in [0.15, 0.2) is 0 Å². The van der Waals surface area contributed by atoms with E-state index in [0.29, 0.717) is 17.2 Å². The highest BCUT2D eigenvalue weighted by Crippen LogP contribution is 2.45. The zero-order valence-corrected chi connectivity index (χ0v) is 21.9. The van der Waals surface area contributed by atoms with Crippen LogP contribution in [-0.4, -0.2) is 33.8 Å². The molecule has 1 saturated heterocycles. The predicted octanol–water partition coefficient (Wildman–Crippen LogP) is 5.83. The van der Waals surface area contributed by atoms with E-state index in [9.17, 15) is 14.4 Å². The van der Waals surface area contributed by atoms with E-state index in [4.69, 9.17) is 16.0 Å². The number of fused-ring (bicyclic) bond motifs is 4. The summed E-state index contributed by atoms with van der Waals surface area (Å²) in [5.41, 5.74) is 4.04. The van der Waals surface area contributed by atoms with Crippen molar-refractivity contribution >= 4 is 46.0 Å². The van der Waals surface area contributed by atoms with E-state index in [1.807, 2.05) is 42.5 Å². The van der Waals surface area contributed by atoms with Gasteiger partial charge in [-0.3, -0.25) is 14.5 Å². The summed E-state index contributed by atoms with van der Waals surface area (Å²) in [6, 6.07) is 23.6. The van der Waals surface area contributed by atoms with Gasteiger partial charge in [0.25, 0.3) is 11.8 Å². The van der Waals surface area contributed by atoms with Crippen molar-refractivity contribution in [2.75, 3.05) is 4.90 Å². The molecule has 5 aromatic rings. The number of urea groups is 1. The second-order valence-electron chi connectivity index (χ2n) is 9.88. The molecule has 3 aromatic carbocycles. The fourth-order valence-corrected chi connectivity index (χ4v) is 6.05. The number of aromatic nitrogens is 1. The molecule has 0 aliphatic carbocycles. The van der Waals surface area contributed by atoms with Crippen LogP contribution in [0.2, 0.25) is 5.02 Å². The Morgan fingerprint density at radius 1 is 1.00 bits per heavy atom. The average molecular weight is 551 g/mol. The predicted molar refractivity (Wildman–Crippen MR) is 150 cm³/mol. The number of hydrogen-bond donors (Lipinski definition) is 2. The van der Waals surface area contributed by atoms with Crippen LogP contribution in [0.15, 0.2) is 95.6 Å². The third-order valence-corrected chi connectivity index (χ3v) is 7.84. The molecule has 4 amide bonds. The van der Waals surface area contributed by atoms with E-state index in [1.165, 1.54) is 6.26 Å². The topological polar surface area (TPSA) is 98.7 Å². The first kappa shape index (κ1) is 24.2. The maximum absolute atomic E-state index is 14.2. The Bertz CT molecular complexity index is 1790. The number of para-hydroxylation sites is 2. The van der Waals surface area contributed by atoms with E-state index in [0.717, 1.165) is 32.6 Å². The summed E-state index contributed by atoms with van der Waals surface area (Å²) >= 11 is 6.38. The van der Waals surface area contributed by atoms with Crippen LogP contribution >= 0.6 is 11.6 Å². The van der Waals surface area contributed by atoms with Gasteiger partial charge in [-0.1, -0.05) is 54.1 Å². The van der Waals surface area contributed by atoms with Crippen molar-refractivity contribution in [2.45, 2.75) is 25.0 Å². The lowest BCUT2D eigenvalue weighted by Gasteiger charge is -2.36. The first-order valence-electron chi connectivity index (χ1n) is 12.9. The van der Waals surface area contributed by atoms with Crippen LogP contribution in [0.5, 0.6) is 0 Å². The fourth-order valence-electron chi connectivity index (χ4n) is 5.86. The summed E-state index contributed by atoms with van der Waals surface area (Å²) in [7, 11) is 0. The number of benzene rings is 3. The number of carbonyl (C=O) groups excluding carboxylic acids is 3. The Hall–Kier alpha value is -4.82. The molecular formula is C31H23ClN4O4. The fraction of sp³-hybridized carbons (Fsp3) is 0.129. The molecule has 2 atom stereocenters. The number of nitrogens with one attached hydrogen (secondary N) is 2. The molecule has 2 unspecified atom stereocenters. The molecule has 0 saturated carbocycles. The van der Waals surface area contributed by atoms with Gasteiger partial charge in [0.1, 0.15) is 17.8 Å². The maximum atomic E-state index is 14.2. The molecule has 9 heteroatoms. The van der Waals surface area contributed by atoms with Crippen molar-refractivity contribution in [1.82, 2.24) is 15.2 Å². The molecule has 1 fully saturated rings. The van der Waals surface area contributed by atoms with Crippen LogP contribution in [-0.2, 0) is 17.8 Å². The molecule has 2 aromatic heterocycles. The van der Waals surface area contributed by atoms with Gasteiger partial charge in [0.2, 0.25) is 0 Å². The summed E-state index contributed by atoms with van der Waals surface area (Å²) in [6.07, 6.45) is 1.88. The van der Waals surface area contributed by atoms with Crippen LogP contribution in [0.3, 0.4) is 0 Å². The molecule has 0 radical (unpaired) electrons. The number of furan rings is 1. The molecule has 2 N–H and O–H groups in total. The van der Waals surface area contributed by atoms with Crippen molar-refractivity contribution < 1.29 is 18.8 Å². The van der Waals surface area contributed by atoms with Gasteiger partial charge >= 0.3 is 6.03 Å². The lowest BCUT2D eigenvalue weighted by Crippen LogP contribution is -2.44. The van der Waals surface area contributed by atoms with Crippen molar-refractivity contribution in [3.63, 3.8) is 0 Å². The average Bonchev–Trinajstić information content (AvgIpc) is 3.68. The number of halogens is 1. The van der Waals surface area contributed by atoms with Crippen LogP contribution in [0.25, 0.3) is 10.9 Å². The number of anilines is 1. The number of amides is 4. The third kappa shape index (κ3) is 3.79. The molecule has 0 bridgehead atoms. The summed E-state index contributed by atoms with van der Waals surface area (Å²) in [4.78, 5) is 47.7. The molecular weight excluding hydrogens is 528 g/mol. The van der Waals surface area contributed by atoms with Crippen LogP contribution in [0, 0.1) is 0 Å². The highest BCUT2D eigenvalue weighted by atomic mass is 35.5. The number of hydrogen-bond acceptors (Lipinski definition) is 4. The van der Waals surface area contributed by atoms with Crippen molar-refractivity contribution in [2.24, 2.45) is 0 Å². The molecule has 8 nitrogen and oxygen atoms in total. The van der Waals surface area contributed by atoms with Crippen molar-refractivity contribution in [3.05, 3.63) is 124 Å². The quantitative estimate of drug-likeness (QED) is 0.269. The van der Waals surface area contributed by atoms with E-state index >= 15 is 0 Å². The number of H-pyrrole nitrogens is 1. The number of aromatic amines is 1. The Morgan fingerprint density at radius 2 is 1.82 bits per heavy atom. The van der Waals surface area contributed by atoms with Gasteiger partial charge in [-0.05, 0) is 53.6 Å². The number of carbonyl (C=O) groups is 3. The Morgan fingerprint density at radius 3 is 2.65 bits per heavy atom. The molecule has 7 rings (SSSR count). The molecule has 2 aliphatic rings. The second kappa shape index (κ2) is 9.43. The summed E-state index contributed by atoms with van der Waals surface area (Å²) in [6.45, 7) is 0.176.